The van der Waals surface area contributed by atoms with Crippen LogP contribution in [0.15, 0.2) is 47.7 Å². The first-order valence-electron chi connectivity index (χ1n) is 6.54. The van der Waals surface area contributed by atoms with Crippen molar-refractivity contribution in [1.82, 2.24) is 4.98 Å². The fourth-order valence-corrected chi connectivity index (χ4v) is 1.62. The molecule has 7 heteroatoms. The van der Waals surface area contributed by atoms with Crippen LogP contribution < -0.4 is 10.2 Å². The average Bonchev–Trinajstić information content (AvgIpc) is 2.49. The van der Waals surface area contributed by atoms with Gasteiger partial charge in [-0.1, -0.05) is 0 Å². The third-order valence-electron chi connectivity index (χ3n) is 2.67. The molecule has 1 aromatic heterocycles. The highest BCUT2D eigenvalue weighted by molar-refractivity contribution is 5.80. The van der Waals surface area contributed by atoms with Crippen LogP contribution in [0.5, 0.6) is 5.75 Å². The highest BCUT2D eigenvalue weighted by Crippen LogP contribution is 2.28. The molecule has 0 spiro atoms. The van der Waals surface area contributed by atoms with Crippen LogP contribution in [0, 0.1) is 0 Å². The summed E-state index contributed by atoms with van der Waals surface area (Å²) in [5, 5.41) is 3.92. The maximum atomic E-state index is 12.4. The number of pyridine rings is 1. The van der Waals surface area contributed by atoms with Crippen molar-refractivity contribution in [3.8, 4) is 5.75 Å². The van der Waals surface area contributed by atoms with E-state index in [1.165, 1.54) is 12.3 Å². The molecule has 0 saturated carbocycles. The largest absolute Gasteiger partial charge is 0.494 e. The van der Waals surface area contributed by atoms with E-state index in [9.17, 15) is 13.2 Å². The quantitative estimate of drug-likeness (QED) is 0.672. The molecule has 0 unspecified atom stereocenters. The zero-order valence-electron chi connectivity index (χ0n) is 11.8. The van der Waals surface area contributed by atoms with Crippen LogP contribution in [0.3, 0.4) is 0 Å². The zero-order chi connectivity index (χ0) is 16.0. The summed E-state index contributed by atoms with van der Waals surface area (Å²) in [6.07, 6.45) is -2.10. The van der Waals surface area contributed by atoms with E-state index < -0.39 is 11.7 Å². The first kappa shape index (κ1) is 15.8. The van der Waals surface area contributed by atoms with E-state index in [-0.39, 0.29) is 5.82 Å². The Balaban J connectivity index is 1.94. The molecule has 0 radical (unpaired) electrons. The minimum Gasteiger partial charge on any atom is -0.494 e. The molecule has 0 aliphatic carbocycles. The average molecular weight is 309 g/mol. The number of nitrogens with zero attached hydrogens (tertiary/aromatic N) is 2. The van der Waals surface area contributed by atoms with Gasteiger partial charge in [-0.05, 0) is 48.9 Å². The summed E-state index contributed by atoms with van der Waals surface area (Å²) in [5.74, 6) is 0.993. The topological polar surface area (TPSA) is 46.5 Å². The molecule has 0 bridgehead atoms. The summed E-state index contributed by atoms with van der Waals surface area (Å²) < 4.78 is 42.5. The Hall–Kier alpha value is -2.57. The number of benzene rings is 1. The highest BCUT2D eigenvalue weighted by Gasteiger charge is 2.30. The van der Waals surface area contributed by atoms with E-state index >= 15 is 0 Å². The minimum atomic E-state index is -4.39. The standard InChI is InChI=1S/C15H14F3N3O/c1-2-22-13-6-3-11(4-7-13)9-20-21-14-8-5-12(10-19-14)15(16,17)18/h3-10H,2H2,1H3,(H,19,21)/b20-9+. The molecule has 1 N–H and O–H groups in total. The van der Waals surface area contributed by atoms with Crippen molar-refractivity contribution >= 4 is 12.0 Å². The number of anilines is 1. The minimum absolute atomic E-state index is 0.232. The van der Waals surface area contributed by atoms with Crippen molar-refractivity contribution in [3.63, 3.8) is 0 Å². The first-order chi connectivity index (χ1) is 10.5. The van der Waals surface area contributed by atoms with E-state index in [0.717, 1.165) is 23.6 Å². The lowest BCUT2D eigenvalue weighted by molar-refractivity contribution is -0.137. The molecule has 1 heterocycles. The molecule has 2 rings (SSSR count). The smallest absolute Gasteiger partial charge is 0.417 e. The van der Waals surface area contributed by atoms with E-state index in [4.69, 9.17) is 4.74 Å². The van der Waals surface area contributed by atoms with Gasteiger partial charge in [0.15, 0.2) is 0 Å². The highest BCUT2D eigenvalue weighted by atomic mass is 19.4. The third kappa shape index (κ3) is 4.47. The fourth-order valence-electron chi connectivity index (χ4n) is 1.62. The molecule has 0 atom stereocenters. The molecule has 0 saturated heterocycles. The van der Waals surface area contributed by atoms with Crippen LogP contribution in [0.1, 0.15) is 18.1 Å². The molecule has 2 aromatic rings. The summed E-state index contributed by atoms with van der Waals surface area (Å²) in [7, 11) is 0. The Labute approximate surface area is 125 Å². The number of alkyl halides is 3. The summed E-state index contributed by atoms with van der Waals surface area (Å²) in [4.78, 5) is 3.65. The Bertz CT molecular complexity index is 622. The van der Waals surface area contributed by atoms with E-state index in [0.29, 0.717) is 6.61 Å². The molecule has 4 nitrogen and oxygen atoms in total. The van der Waals surface area contributed by atoms with Gasteiger partial charge in [-0.3, -0.25) is 5.43 Å². The number of rotatable bonds is 5. The molecule has 0 amide bonds. The number of halogens is 3. The van der Waals surface area contributed by atoms with E-state index in [2.05, 4.69) is 15.5 Å². The Morgan fingerprint density at radius 2 is 1.91 bits per heavy atom. The van der Waals surface area contributed by atoms with E-state index in [1.54, 1.807) is 12.1 Å². The second kappa shape index (κ2) is 6.93. The van der Waals surface area contributed by atoms with Gasteiger partial charge in [0.2, 0.25) is 0 Å². The van der Waals surface area contributed by atoms with Gasteiger partial charge in [-0.2, -0.15) is 18.3 Å². The predicted octanol–water partition coefficient (Wildman–Crippen LogP) is 3.95. The molecular weight excluding hydrogens is 295 g/mol. The van der Waals surface area contributed by atoms with Gasteiger partial charge in [0.25, 0.3) is 0 Å². The number of hydrazone groups is 1. The van der Waals surface area contributed by atoms with Crippen molar-refractivity contribution in [2.75, 3.05) is 12.0 Å². The fraction of sp³-hybridized carbons (Fsp3) is 0.200. The summed E-state index contributed by atoms with van der Waals surface area (Å²) in [6, 6.07) is 9.41. The zero-order valence-corrected chi connectivity index (χ0v) is 11.8. The van der Waals surface area contributed by atoms with Crippen LogP contribution in [0.4, 0.5) is 19.0 Å². The van der Waals surface area contributed by atoms with Crippen molar-refractivity contribution in [2.45, 2.75) is 13.1 Å². The summed E-state index contributed by atoms with van der Waals surface area (Å²) >= 11 is 0. The predicted molar refractivity (Wildman–Crippen MR) is 78.1 cm³/mol. The monoisotopic (exact) mass is 309 g/mol. The number of nitrogens with one attached hydrogen (secondary N) is 1. The van der Waals surface area contributed by atoms with E-state index in [1.807, 2.05) is 19.1 Å². The second-order valence-corrected chi connectivity index (χ2v) is 4.30. The van der Waals surface area contributed by atoms with Crippen LogP contribution in [0.25, 0.3) is 0 Å². The SMILES string of the molecule is CCOc1ccc(/C=N/Nc2ccc(C(F)(F)F)cn2)cc1. The molecule has 0 aliphatic heterocycles. The van der Waals surface area contributed by atoms with Crippen LogP contribution in [-0.2, 0) is 6.18 Å². The Morgan fingerprint density at radius 1 is 1.18 bits per heavy atom. The maximum absolute atomic E-state index is 12.4. The maximum Gasteiger partial charge on any atom is 0.417 e. The second-order valence-electron chi connectivity index (χ2n) is 4.30. The third-order valence-corrected chi connectivity index (χ3v) is 2.67. The number of ether oxygens (including phenoxy) is 1. The van der Waals surface area contributed by atoms with Gasteiger partial charge < -0.3 is 4.74 Å². The summed E-state index contributed by atoms with van der Waals surface area (Å²) in [5.41, 5.74) is 2.60. The molecule has 1 aromatic carbocycles. The summed E-state index contributed by atoms with van der Waals surface area (Å²) in [6.45, 7) is 2.49. The molecular formula is C15H14F3N3O. The molecule has 0 aliphatic rings. The number of hydrogen-bond acceptors (Lipinski definition) is 4. The Kier molecular flexibility index (Phi) is 4.98. The van der Waals surface area contributed by atoms with Crippen LogP contribution in [0.2, 0.25) is 0 Å². The number of aromatic nitrogens is 1. The van der Waals surface area contributed by atoms with Gasteiger partial charge >= 0.3 is 6.18 Å². The van der Waals surface area contributed by atoms with Gasteiger partial charge in [0.05, 0.1) is 18.4 Å². The lowest BCUT2D eigenvalue weighted by Gasteiger charge is -2.06. The first-order valence-corrected chi connectivity index (χ1v) is 6.54. The van der Waals surface area contributed by atoms with Crippen molar-refractivity contribution in [1.29, 1.82) is 0 Å². The van der Waals surface area contributed by atoms with Crippen LogP contribution in [-0.4, -0.2) is 17.8 Å². The van der Waals surface area contributed by atoms with Crippen LogP contribution >= 0.6 is 0 Å². The molecule has 22 heavy (non-hydrogen) atoms. The van der Waals surface area contributed by atoms with Gasteiger partial charge in [-0.15, -0.1) is 0 Å². The van der Waals surface area contributed by atoms with Gasteiger partial charge in [0.1, 0.15) is 11.6 Å². The lowest BCUT2D eigenvalue weighted by atomic mass is 10.2. The van der Waals surface area contributed by atoms with Gasteiger partial charge in [-0.25, -0.2) is 4.98 Å². The molecule has 0 fully saturated rings. The Morgan fingerprint density at radius 3 is 2.45 bits per heavy atom. The van der Waals surface area contributed by atoms with Crippen molar-refractivity contribution in [3.05, 3.63) is 53.7 Å². The van der Waals surface area contributed by atoms with Crippen molar-refractivity contribution in [2.24, 2.45) is 5.10 Å². The lowest BCUT2D eigenvalue weighted by Crippen LogP contribution is -2.05. The molecule has 116 valence electrons. The normalized spacial score (nSPS) is 11.6. The van der Waals surface area contributed by atoms with Gasteiger partial charge in [0, 0.05) is 6.20 Å². The van der Waals surface area contributed by atoms with Crippen molar-refractivity contribution < 1.29 is 17.9 Å². The number of hydrogen-bond donors (Lipinski definition) is 1.